The molecule has 0 aromatic rings. The molecule has 0 aliphatic carbocycles. The van der Waals surface area contributed by atoms with Gasteiger partial charge in [-0.2, -0.15) is 0 Å². The van der Waals surface area contributed by atoms with Crippen molar-refractivity contribution in [3.8, 4) is 0 Å². The average molecular weight is 168 g/mol. The zero-order chi connectivity index (χ0) is 4.50. The summed E-state index contributed by atoms with van der Waals surface area (Å²) in [5, 5.41) is 0. The first kappa shape index (κ1) is 22.6. The van der Waals surface area contributed by atoms with Gasteiger partial charge < -0.3 is 19.2 Å². The Labute approximate surface area is 82.6 Å². The van der Waals surface area contributed by atoms with E-state index in [1.165, 1.54) is 0 Å². The van der Waals surface area contributed by atoms with Crippen LogP contribution in [0.3, 0.4) is 0 Å². The van der Waals surface area contributed by atoms with E-state index < -0.39 is 9.05 Å². The Hall–Kier alpha value is 1.77. The van der Waals surface area contributed by atoms with Crippen molar-refractivity contribution in [3.05, 3.63) is 0 Å². The molecule has 0 atom stereocenters. The normalized spacial score (nSPS) is 7.50. The van der Waals surface area contributed by atoms with Crippen molar-refractivity contribution in [2.24, 2.45) is 0 Å². The standard InChI is InChI=1S/Fe.2Li.H4O4Si.2H/c;;;1-5(2,3)4;;/h;;;1-4H;;. The predicted molar refractivity (Wildman–Crippen MR) is 28.9 cm³/mol. The summed E-state index contributed by atoms with van der Waals surface area (Å²) in [4.78, 5) is 29.3. The molecule has 4 nitrogen and oxygen atoms in total. The van der Waals surface area contributed by atoms with Crippen molar-refractivity contribution >= 4 is 46.8 Å². The molecule has 0 saturated heterocycles. The molecule has 0 aromatic heterocycles. The van der Waals surface area contributed by atoms with Crippen LogP contribution in [0.1, 0.15) is 0 Å². The molecule has 0 radical (unpaired) electrons. The number of rotatable bonds is 0. The molecule has 0 rings (SSSR count). The molecule has 0 spiro atoms. The van der Waals surface area contributed by atoms with Crippen LogP contribution < -0.4 is 0 Å². The van der Waals surface area contributed by atoms with E-state index in [0.29, 0.717) is 0 Å². The van der Waals surface area contributed by atoms with Crippen molar-refractivity contribution in [2.75, 3.05) is 0 Å². The number of hydrogen-bond donors (Lipinski definition) is 4. The molecule has 0 unspecified atom stereocenters. The predicted octanol–water partition coefficient (Wildman–Crippen LogP) is -3.91. The molecular formula is H6FeLi2O4Si. The van der Waals surface area contributed by atoms with Gasteiger partial charge >= 0.3 is 46.8 Å². The third kappa shape index (κ3) is 114. The van der Waals surface area contributed by atoms with Crippen molar-refractivity contribution in [1.82, 2.24) is 0 Å². The Morgan fingerprint density at radius 1 is 0.750 bits per heavy atom. The quantitative estimate of drug-likeness (QED) is 0.278. The summed E-state index contributed by atoms with van der Waals surface area (Å²) in [6.07, 6.45) is 0. The summed E-state index contributed by atoms with van der Waals surface area (Å²) >= 11 is 0. The maximum atomic E-state index is 7.33. The van der Waals surface area contributed by atoms with Gasteiger partial charge in [-0.1, -0.05) is 0 Å². The van der Waals surface area contributed by atoms with Crippen molar-refractivity contribution < 1.29 is 36.3 Å². The van der Waals surface area contributed by atoms with E-state index in [2.05, 4.69) is 0 Å². The van der Waals surface area contributed by atoms with E-state index in [-0.39, 0.29) is 54.8 Å². The van der Waals surface area contributed by atoms with Crippen molar-refractivity contribution in [2.45, 2.75) is 0 Å². The minimum absolute atomic E-state index is 0. The van der Waals surface area contributed by atoms with Gasteiger partial charge in [0.1, 0.15) is 0 Å². The van der Waals surface area contributed by atoms with Crippen LogP contribution in [0, 0.1) is 0 Å². The summed E-state index contributed by atoms with van der Waals surface area (Å²) < 4.78 is 0. The summed E-state index contributed by atoms with van der Waals surface area (Å²) in [6.45, 7) is 0. The third-order valence-electron chi connectivity index (χ3n) is 0. The van der Waals surface area contributed by atoms with E-state index in [9.17, 15) is 0 Å². The molecule has 0 aromatic carbocycles. The van der Waals surface area contributed by atoms with Gasteiger partial charge in [0, 0.05) is 17.1 Å². The molecule has 0 saturated carbocycles. The summed E-state index contributed by atoms with van der Waals surface area (Å²) in [6, 6.07) is 0. The topological polar surface area (TPSA) is 80.9 Å². The van der Waals surface area contributed by atoms with Crippen LogP contribution in [0.2, 0.25) is 0 Å². The van der Waals surface area contributed by atoms with Gasteiger partial charge in [0.25, 0.3) is 0 Å². The van der Waals surface area contributed by atoms with E-state index in [1.54, 1.807) is 0 Å². The molecule has 0 heterocycles. The maximum absolute atomic E-state index is 7.33. The van der Waals surface area contributed by atoms with E-state index in [4.69, 9.17) is 19.2 Å². The average Bonchev–Trinajstić information content (AvgIpc) is 0.722. The fraction of sp³-hybridized carbons (Fsp3) is 0. The van der Waals surface area contributed by atoms with Crippen LogP contribution >= 0.6 is 0 Å². The fourth-order valence-corrected chi connectivity index (χ4v) is 0. The Morgan fingerprint density at radius 3 is 0.750 bits per heavy atom. The second-order valence-corrected chi connectivity index (χ2v) is 1.80. The third-order valence-corrected chi connectivity index (χ3v) is 0. The molecule has 8 heavy (non-hydrogen) atoms. The molecule has 0 bridgehead atoms. The first-order chi connectivity index (χ1) is 2.00. The van der Waals surface area contributed by atoms with Gasteiger partial charge in [-0.15, -0.1) is 0 Å². The Kier molecular flexibility index (Phi) is 24.7. The SMILES string of the molecule is O[Si](O)(O)O.[Fe].[LiH].[LiH]. The zero-order valence-corrected chi connectivity index (χ0v) is 4.75. The van der Waals surface area contributed by atoms with Gasteiger partial charge in [-0.3, -0.25) is 0 Å². The molecular weight excluding hydrogens is 162 g/mol. The second-order valence-electron chi connectivity index (χ2n) is 0.600. The van der Waals surface area contributed by atoms with E-state index >= 15 is 0 Å². The van der Waals surface area contributed by atoms with Crippen LogP contribution in [0.5, 0.6) is 0 Å². The molecule has 4 N–H and O–H groups in total. The van der Waals surface area contributed by atoms with Crippen molar-refractivity contribution in [3.63, 3.8) is 0 Å². The van der Waals surface area contributed by atoms with Gasteiger partial charge in [0.2, 0.25) is 0 Å². The molecule has 0 aliphatic heterocycles. The molecule has 44 valence electrons. The summed E-state index contributed by atoms with van der Waals surface area (Å²) in [5.74, 6) is 0. The van der Waals surface area contributed by atoms with Gasteiger partial charge in [-0.25, -0.2) is 0 Å². The van der Waals surface area contributed by atoms with E-state index in [0.717, 1.165) is 0 Å². The Balaban J connectivity index is -0.0000000267. The van der Waals surface area contributed by atoms with E-state index in [1.807, 2.05) is 0 Å². The Bertz CT molecular complexity index is 29.5. The van der Waals surface area contributed by atoms with Gasteiger partial charge in [0.15, 0.2) is 0 Å². The van der Waals surface area contributed by atoms with Crippen LogP contribution in [0.15, 0.2) is 0 Å². The fourth-order valence-electron chi connectivity index (χ4n) is 0. The van der Waals surface area contributed by atoms with Crippen molar-refractivity contribution in [1.29, 1.82) is 0 Å². The molecule has 0 aliphatic rings. The zero-order valence-electron chi connectivity index (χ0n) is 2.64. The first-order valence-electron chi connectivity index (χ1n) is 0.894. The van der Waals surface area contributed by atoms with Crippen LogP contribution in [0.25, 0.3) is 0 Å². The molecule has 0 amide bonds. The monoisotopic (exact) mass is 168 g/mol. The molecule has 8 heteroatoms. The Morgan fingerprint density at radius 2 is 0.750 bits per heavy atom. The van der Waals surface area contributed by atoms with Gasteiger partial charge in [0.05, 0.1) is 0 Å². The van der Waals surface area contributed by atoms with Crippen LogP contribution in [0.4, 0.5) is 0 Å². The van der Waals surface area contributed by atoms with Gasteiger partial charge in [-0.05, 0) is 0 Å². The first-order valence-corrected chi connectivity index (χ1v) is 2.68. The van der Waals surface area contributed by atoms with Crippen LogP contribution in [-0.4, -0.2) is 66.0 Å². The minimum atomic E-state index is -4.61. The molecule has 0 fully saturated rings. The summed E-state index contributed by atoms with van der Waals surface area (Å²) in [7, 11) is -4.61. The second kappa shape index (κ2) is 8.77. The van der Waals surface area contributed by atoms with Crippen LogP contribution in [-0.2, 0) is 17.1 Å². The number of hydrogen-bond acceptors (Lipinski definition) is 4. The summed E-state index contributed by atoms with van der Waals surface area (Å²) in [5.41, 5.74) is 0.